The van der Waals surface area contributed by atoms with Gasteiger partial charge >= 0.3 is 0 Å². The predicted octanol–water partition coefficient (Wildman–Crippen LogP) is 10.5. The van der Waals surface area contributed by atoms with Crippen LogP contribution in [0.25, 0.3) is 0 Å². The SMILES string of the molecule is CCc1cccc(Oc2ccc(C(C)(C)c3cccc(C(C)(C)c4ccc(Oc5cccc(C)c5C#N)cc4)c3)cc2)c1C#N. The zero-order chi connectivity index (χ0) is 32.2. The van der Waals surface area contributed by atoms with Crippen molar-refractivity contribution in [3.8, 4) is 35.1 Å². The summed E-state index contributed by atoms with van der Waals surface area (Å²) < 4.78 is 12.2. The first-order chi connectivity index (χ1) is 21.6. The first-order valence-corrected chi connectivity index (χ1v) is 15.3. The highest BCUT2D eigenvalue weighted by Crippen LogP contribution is 2.39. The van der Waals surface area contributed by atoms with Crippen LogP contribution in [0.2, 0.25) is 0 Å². The highest BCUT2D eigenvalue weighted by atomic mass is 16.5. The van der Waals surface area contributed by atoms with E-state index in [4.69, 9.17) is 9.47 Å². The normalized spacial score (nSPS) is 11.4. The molecule has 5 aromatic rings. The molecule has 0 aliphatic carbocycles. The van der Waals surface area contributed by atoms with E-state index in [1.807, 2.05) is 74.5 Å². The third-order valence-corrected chi connectivity index (χ3v) is 8.87. The number of hydrogen-bond acceptors (Lipinski definition) is 4. The maximum atomic E-state index is 9.68. The van der Waals surface area contributed by atoms with Gasteiger partial charge in [-0.25, -0.2) is 0 Å². The molecule has 0 amide bonds. The largest absolute Gasteiger partial charge is 0.456 e. The Morgan fingerprint density at radius 1 is 0.556 bits per heavy atom. The fourth-order valence-corrected chi connectivity index (χ4v) is 5.72. The molecule has 45 heavy (non-hydrogen) atoms. The van der Waals surface area contributed by atoms with Crippen LogP contribution in [0, 0.1) is 29.6 Å². The summed E-state index contributed by atoms with van der Waals surface area (Å²) in [4.78, 5) is 0. The van der Waals surface area contributed by atoms with E-state index in [1.54, 1.807) is 0 Å². The minimum Gasteiger partial charge on any atom is -0.456 e. The zero-order valence-corrected chi connectivity index (χ0v) is 26.8. The number of aryl methyl sites for hydroxylation is 2. The van der Waals surface area contributed by atoms with Crippen LogP contribution >= 0.6 is 0 Å². The lowest BCUT2D eigenvalue weighted by Crippen LogP contribution is -2.22. The van der Waals surface area contributed by atoms with Crippen LogP contribution in [-0.4, -0.2) is 0 Å². The summed E-state index contributed by atoms with van der Waals surface area (Å²) in [6, 6.07) is 41.0. The van der Waals surface area contributed by atoms with Gasteiger partial charge in [0.15, 0.2) is 0 Å². The van der Waals surface area contributed by atoms with Gasteiger partial charge in [0.2, 0.25) is 0 Å². The summed E-state index contributed by atoms with van der Waals surface area (Å²) in [5.74, 6) is 2.55. The Hall–Kier alpha value is -5.32. The summed E-state index contributed by atoms with van der Waals surface area (Å²) in [7, 11) is 0. The molecule has 0 radical (unpaired) electrons. The van der Waals surface area contributed by atoms with Crippen molar-refractivity contribution in [1.82, 2.24) is 0 Å². The summed E-state index contributed by atoms with van der Waals surface area (Å²) >= 11 is 0. The molecule has 224 valence electrons. The van der Waals surface area contributed by atoms with Crippen LogP contribution in [0.4, 0.5) is 0 Å². The number of nitrogens with zero attached hydrogens (tertiary/aromatic N) is 2. The maximum Gasteiger partial charge on any atom is 0.145 e. The summed E-state index contributed by atoms with van der Waals surface area (Å²) in [5, 5.41) is 19.2. The lowest BCUT2D eigenvalue weighted by molar-refractivity contribution is 0.479. The second-order valence-corrected chi connectivity index (χ2v) is 12.4. The fraction of sp³-hybridized carbons (Fsp3) is 0.220. The van der Waals surface area contributed by atoms with E-state index in [2.05, 4.69) is 88.4 Å². The Labute approximate surface area is 267 Å². The fourth-order valence-electron chi connectivity index (χ4n) is 5.72. The first kappa shape index (κ1) is 31.1. The van der Waals surface area contributed by atoms with Gasteiger partial charge in [0.1, 0.15) is 35.1 Å². The lowest BCUT2D eigenvalue weighted by atomic mass is 9.73. The molecule has 5 rings (SSSR count). The number of rotatable bonds is 9. The topological polar surface area (TPSA) is 66.0 Å². The van der Waals surface area contributed by atoms with Crippen LogP contribution in [-0.2, 0) is 17.3 Å². The smallest absolute Gasteiger partial charge is 0.145 e. The minimum absolute atomic E-state index is 0.255. The molecule has 0 bridgehead atoms. The van der Waals surface area contributed by atoms with Gasteiger partial charge in [0.05, 0.1) is 11.1 Å². The van der Waals surface area contributed by atoms with Crippen LogP contribution in [0.15, 0.2) is 109 Å². The highest BCUT2D eigenvalue weighted by Gasteiger charge is 2.28. The quantitative estimate of drug-likeness (QED) is 0.171. The molecule has 0 fully saturated rings. The van der Waals surface area contributed by atoms with Gasteiger partial charge < -0.3 is 9.47 Å². The Balaban J connectivity index is 1.36. The monoisotopic (exact) mass is 590 g/mol. The van der Waals surface area contributed by atoms with E-state index in [0.29, 0.717) is 34.1 Å². The van der Waals surface area contributed by atoms with Gasteiger partial charge in [-0.3, -0.25) is 0 Å². The number of benzene rings is 5. The molecule has 0 aromatic heterocycles. The van der Waals surface area contributed by atoms with Gasteiger partial charge in [-0.05, 0) is 83.1 Å². The van der Waals surface area contributed by atoms with Crippen LogP contribution < -0.4 is 9.47 Å². The Bertz CT molecular complexity index is 1900. The molecule has 0 aliphatic heterocycles. The molecule has 0 aliphatic rings. The van der Waals surface area contributed by atoms with E-state index in [9.17, 15) is 10.5 Å². The molecule has 4 nitrogen and oxygen atoms in total. The van der Waals surface area contributed by atoms with Crippen molar-refractivity contribution in [3.63, 3.8) is 0 Å². The minimum atomic E-state index is -0.255. The van der Waals surface area contributed by atoms with Crippen molar-refractivity contribution in [2.45, 2.75) is 58.8 Å². The van der Waals surface area contributed by atoms with E-state index >= 15 is 0 Å². The molecule has 4 heteroatoms. The van der Waals surface area contributed by atoms with Gasteiger partial charge in [0, 0.05) is 10.8 Å². The molecular formula is C41H38N2O2. The molecule has 0 atom stereocenters. The zero-order valence-electron chi connectivity index (χ0n) is 26.8. The first-order valence-electron chi connectivity index (χ1n) is 15.3. The Morgan fingerprint density at radius 2 is 1.00 bits per heavy atom. The second-order valence-electron chi connectivity index (χ2n) is 12.4. The summed E-state index contributed by atoms with van der Waals surface area (Å²) in [6.45, 7) is 12.9. The average Bonchev–Trinajstić information content (AvgIpc) is 3.05. The van der Waals surface area contributed by atoms with Gasteiger partial charge in [0.25, 0.3) is 0 Å². The lowest BCUT2D eigenvalue weighted by Gasteiger charge is -2.31. The molecule has 0 unspecified atom stereocenters. The van der Waals surface area contributed by atoms with Crippen molar-refractivity contribution in [2.24, 2.45) is 0 Å². The van der Waals surface area contributed by atoms with Crippen molar-refractivity contribution >= 4 is 0 Å². The van der Waals surface area contributed by atoms with Crippen LogP contribution in [0.5, 0.6) is 23.0 Å². The molecule has 5 aromatic carbocycles. The van der Waals surface area contributed by atoms with Crippen molar-refractivity contribution in [1.29, 1.82) is 10.5 Å². The molecule has 0 spiro atoms. The second kappa shape index (κ2) is 12.7. The highest BCUT2D eigenvalue weighted by molar-refractivity contribution is 5.52. The van der Waals surface area contributed by atoms with Gasteiger partial charge in [-0.15, -0.1) is 0 Å². The molecule has 0 N–H and O–H groups in total. The van der Waals surface area contributed by atoms with Gasteiger partial charge in [-0.1, -0.05) is 107 Å². The molecular weight excluding hydrogens is 552 g/mol. The average molecular weight is 591 g/mol. The summed E-state index contributed by atoms with van der Waals surface area (Å²) in [5.41, 5.74) is 7.28. The molecule has 0 saturated heterocycles. The van der Waals surface area contributed by atoms with Crippen LogP contribution in [0.1, 0.15) is 79.1 Å². The number of hydrogen-bond donors (Lipinski definition) is 0. The number of nitriles is 2. The van der Waals surface area contributed by atoms with Gasteiger partial charge in [-0.2, -0.15) is 10.5 Å². The third kappa shape index (κ3) is 6.33. The van der Waals surface area contributed by atoms with E-state index in [-0.39, 0.29) is 10.8 Å². The Kier molecular flexibility index (Phi) is 8.80. The van der Waals surface area contributed by atoms with Crippen molar-refractivity contribution < 1.29 is 9.47 Å². The van der Waals surface area contributed by atoms with Crippen molar-refractivity contribution in [2.75, 3.05) is 0 Å². The Morgan fingerprint density at radius 3 is 1.47 bits per heavy atom. The van der Waals surface area contributed by atoms with E-state index in [0.717, 1.165) is 17.5 Å². The van der Waals surface area contributed by atoms with E-state index in [1.165, 1.54) is 22.3 Å². The van der Waals surface area contributed by atoms with Crippen molar-refractivity contribution in [3.05, 3.63) is 154 Å². The standard InChI is InChI=1S/C41H38N2O2/c1-7-29-12-9-16-39(37(29)27-43)45-35-23-19-31(20-24-35)41(5,6)33-14-10-13-32(25-33)40(3,4)30-17-21-34(22-18-30)44-38-15-8-11-28(2)36(38)26-42/h8-25H,7H2,1-6H3. The summed E-state index contributed by atoms with van der Waals surface area (Å²) in [6.07, 6.45) is 0.779. The predicted molar refractivity (Wildman–Crippen MR) is 180 cm³/mol. The maximum absolute atomic E-state index is 9.68. The van der Waals surface area contributed by atoms with E-state index < -0.39 is 0 Å². The molecule has 0 saturated carbocycles. The number of ether oxygens (including phenoxy) is 2. The van der Waals surface area contributed by atoms with Crippen LogP contribution in [0.3, 0.4) is 0 Å². The molecule has 0 heterocycles. The third-order valence-electron chi connectivity index (χ3n) is 8.87.